The lowest BCUT2D eigenvalue weighted by Crippen LogP contribution is -2.09. The zero-order valence-corrected chi connectivity index (χ0v) is 12.9. The summed E-state index contributed by atoms with van der Waals surface area (Å²) in [6.07, 6.45) is 11.3. The van der Waals surface area contributed by atoms with Crippen molar-refractivity contribution in [2.45, 2.75) is 32.7 Å². The molecule has 0 saturated heterocycles. The Balaban J connectivity index is 1.89. The van der Waals surface area contributed by atoms with Crippen molar-refractivity contribution in [1.29, 1.82) is 0 Å². The van der Waals surface area contributed by atoms with Gasteiger partial charge in [-0.15, -0.1) is 0 Å². The lowest BCUT2D eigenvalue weighted by atomic mass is 10.1. The normalized spacial score (nSPS) is 13.2. The van der Waals surface area contributed by atoms with Crippen LogP contribution in [-0.4, -0.2) is 37.5 Å². The van der Waals surface area contributed by atoms with E-state index >= 15 is 0 Å². The number of rotatable bonds is 6. The molecule has 3 heterocycles. The molecule has 3 aromatic heterocycles. The van der Waals surface area contributed by atoms with E-state index in [2.05, 4.69) is 38.2 Å². The van der Waals surface area contributed by atoms with E-state index in [0.29, 0.717) is 6.04 Å². The van der Waals surface area contributed by atoms with Crippen molar-refractivity contribution < 1.29 is 0 Å². The average Bonchev–Trinajstić information content (AvgIpc) is 3.20. The van der Waals surface area contributed by atoms with Gasteiger partial charge in [-0.1, -0.05) is 6.92 Å². The van der Waals surface area contributed by atoms with Gasteiger partial charge in [0.05, 0.1) is 17.9 Å². The number of H-pyrrole nitrogens is 1. The zero-order valence-electron chi connectivity index (χ0n) is 12.9. The molecule has 1 atom stereocenters. The van der Waals surface area contributed by atoms with Crippen LogP contribution < -0.4 is 0 Å². The van der Waals surface area contributed by atoms with Crippen LogP contribution in [0.25, 0.3) is 22.3 Å². The number of nitrogens with one attached hydrogen (secondary N) is 1. The van der Waals surface area contributed by atoms with Crippen LogP contribution in [-0.2, 0) is 0 Å². The number of aromatic amines is 1. The number of aromatic nitrogens is 5. The lowest BCUT2D eigenvalue weighted by Gasteiger charge is -2.12. The van der Waals surface area contributed by atoms with Crippen molar-refractivity contribution >= 4 is 17.2 Å². The molecule has 0 aromatic carbocycles. The van der Waals surface area contributed by atoms with Crippen LogP contribution in [0.2, 0.25) is 0 Å². The first kappa shape index (κ1) is 14.4. The standard InChI is InChI=1S/C16H20N6/c1-3-13(5-7-17-4-2)22-10-12(9-21-22)15-14-6-8-18-16(14)20-11-19-15/h6-11,13H,3-5H2,1-2H3,(H,18,19,20)/b17-7+. The highest BCUT2D eigenvalue weighted by atomic mass is 15.3. The van der Waals surface area contributed by atoms with Crippen molar-refractivity contribution in [1.82, 2.24) is 24.7 Å². The van der Waals surface area contributed by atoms with Crippen LogP contribution in [0.5, 0.6) is 0 Å². The fourth-order valence-electron chi connectivity index (χ4n) is 2.55. The van der Waals surface area contributed by atoms with Gasteiger partial charge in [0, 0.05) is 42.5 Å². The molecule has 0 fully saturated rings. The first-order valence-electron chi connectivity index (χ1n) is 7.64. The van der Waals surface area contributed by atoms with Crippen molar-refractivity contribution in [3.63, 3.8) is 0 Å². The molecule has 6 nitrogen and oxygen atoms in total. The molecule has 114 valence electrons. The molecule has 0 radical (unpaired) electrons. The van der Waals surface area contributed by atoms with Crippen molar-refractivity contribution in [3.8, 4) is 11.3 Å². The Labute approximate surface area is 129 Å². The SMILES string of the molecule is CC/N=C/CC(CC)n1cc(-c2ncnc3[nH]ccc23)cn1. The Hall–Kier alpha value is -2.50. The summed E-state index contributed by atoms with van der Waals surface area (Å²) >= 11 is 0. The monoisotopic (exact) mass is 296 g/mol. The van der Waals surface area contributed by atoms with Crippen molar-refractivity contribution in [2.24, 2.45) is 4.99 Å². The van der Waals surface area contributed by atoms with E-state index in [1.165, 1.54) is 0 Å². The molecule has 1 unspecified atom stereocenters. The molecule has 0 bridgehead atoms. The fourth-order valence-corrected chi connectivity index (χ4v) is 2.55. The van der Waals surface area contributed by atoms with Crippen LogP contribution in [0.15, 0.2) is 36.0 Å². The van der Waals surface area contributed by atoms with Crippen LogP contribution >= 0.6 is 0 Å². The summed E-state index contributed by atoms with van der Waals surface area (Å²) in [4.78, 5) is 16.0. The first-order chi connectivity index (χ1) is 10.8. The molecular formula is C16H20N6. The molecular weight excluding hydrogens is 276 g/mol. The smallest absolute Gasteiger partial charge is 0.141 e. The topological polar surface area (TPSA) is 71.8 Å². The first-order valence-corrected chi connectivity index (χ1v) is 7.64. The van der Waals surface area contributed by atoms with E-state index in [9.17, 15) is 0 Å². The third kappa shape index (κ3) is 2.77. The quantitative estimate of drug-likeness (QED) is 0.710. The fraction of sp³-hybridized carbons (Fsp3) is 0.375. The third-order valence-electron chi connectivity index (χ3n) is 3.76. The molecule has 0 aliphatic heterocycles. The summed E-state index contributed by atoms with van der Waals surface area (Å²) in [7, 11) is 0. The van der Waals surface area contributed by atoms with Crippen molar-refractivity contribution in [2.75, 3.05) is 6.54 Å². The Morgan fingerprint density at radius 1 is 1.36 bits per heavy atom. The Bertz CT molecular complexity index is 770. The number of hydrogen-bond donors (Lipinski definition) is 1. The van der Waals surface area contributed by atoms with Crippen LogP contribution in [0, 0.1) is 0 Å². The minimum atomic E-state index is 0.326. The van der Waals surface area contributed by atoms with Gasteiger partial charge < -0.3 is 4.98 Å². The van der Waals surface area contributed by atoms with Gasteiger partial charge in [0.2, 0.25) is 0 Å². The average molecular weight is 296 g/mol. The Morgan fingerprint density at radius 2 is 2.27 bits per heavy atom. The van der Waals surface area contributed by atoms with Crippen molar-refractivity contribution in [3.05, 3.63) is 31.0 Å². The van der Waals surface area contributed by atoms with E-state index in [-0.39, 0.29) is 0 Å². The van der Waals surface area contributed by atoms with E-state index in [0.717, 1.165) is 41.7 Å². The molecule has 0 spiro atoms. The number of aliphatic imine (C=N–C) groups is 1. The molecule has 22 heavy (non-hydrogen) atoms. The van der Waals surface area contributed by atoms with Gasteiger partial charge in [-0.3, -0.25) is 9.67 Å². The number of fused-ring (bicyclic) bond motifs is 1. The maximum absolute atomic E-state index is 4.52. The van der Waals surface area contributed by atoms with E-state index in [1.807, 2.05) is 36.3 Å². The highest BCUT2D eigenvalue weighted by molar-refractivity contribution is 5.89. The maximum atomic E-state index is 4.52. The Morgan fingerprint density at radius 3 is 3.09 bits per heavy atom. The second kappa shape index (κ2) is 6.51. The van der Waals surface area contributed by atoms with Crippen LogP contribution in [0.4, 0.5) is 0 Å². The lowest BCUT2D eigenvalue weighted by molar-refractivity contribution is 0.457. The predicted molar refractivity (Wildman–Crippen MR) is 88.1 cm³/mol. The van der Waals surface area contributed by atoms with E-state index in [4.69, 9.17) is 0 Å². The van der Waals surface area contributed by atoms with Gasteiger partial charge in [-0.2, -0.15) is 5.10 Å². The van der Waals surface area contributed by atoms with Gasteiger partial charge in [0.15, 0.2) is 0 Å². The zero-order chi connectivity index (χ0) is 15.4. The Kier molecular flexibility index (Phi) is 4.27. The predicted octanol–water partition coefficient (Wildman–Crippen LogP) is 3.25. The van der Waals surface area contributed by atoms with Gasteiger partial charge in [-0.25, -0.2) is 9.97 Å². The molecule has 3 rings (SSSR count). The molecule has 0 aliphatic carbocycles. The molecule has 0 saturated carbocycles. The van der Waals surface area contributed by atoms with Gasteiger partial charge in [-0.05, 0) is 19.4 Å². The minimum Gasteiger partial charge on any atom is -0.346 e. The highest BCUT2D eigenvalue weighted by Crippen LogP contribution is 2.25. The summed E-state index contributed by atoms with van der Waals surface area (Å²) in [6, 6.07) is 2.32. The van der Waals surface area contributed by atoms with E-state index < -0.39 is 0 Å². The summed E-state index contributed by atoms with van der Waals surface area (Å²) in [5.41, 5.74) is 2.77. The summed E-state index contributed by atoms with van der Waals surface area (Å²) in [5, 5.41) is 5.53. The number of hydrogen-bond acceptors (Lipinski definition) is 4. The molecule has 0 aliphatic rings. The number of nitrogens with zero attached hydrogens (tertiary/aromatic N) is 5. The minimum absolute atomic E-state index is 0.326. The second-order valence-corrected chi connectivity index (χ2v) is 5.15. The molecule has 6 heteroatoms. The van der Waals surface area contributed by atoms with Gasteiger partial charge >= 0.3 is 0 Å². The highest BCUT2D eigenvalue weighted by Gasteiger charge is 2.13. The molecule has 3 aromatic rings. The summed E-state index contributed by atoms with van der Waals surface area (Å²) < 4.78 is 2.01. The third-order valence-corrected chi connectivity index (χ3v) is 3.76. The summed E-state index contributed by atoms with van der Waals surface area (Å²) in [5.74, 6) is 0. The van der Waals surface area contributed by atoms with Crippen LogP contribution in [0.1, 0.15) is 32.7 Å². The molecule has 1 N–H and O–H groups in total. The summed E-state index contributed by atoms with van der Waals surface area (Å²) in [6.45, 7) is 5.04. The maximum Gasteiger partial charge on any atom is 0.141 e. The van der Waals surface area contributed by atoms with Gasteiger partial charge in [0.1, 0.15) is 12.0 Å². The van der Waals surface area contributed by atoms with E-state index in [1.54, 1.807) is 6.33 Å². The molecule has 0 amide bonds. The second-order valence-electron chi connectivity index (χ2n) is 5.15. The van der Waals surface area contributed by atoms with Gasteiger partial charge in [0.25, 0.3) is 0 Å². The van der Waals surface area contributed by atoms with Crippen LogP contribution in [0.3, 0.4) is 0 Å². The largest absolute Gasteiger partial charge is 0.346 e.